The predicted molar refractivity (Wildman–Crippen MR) is 55.3 cm³/mol. The normalized spacial score (nSPS) is 23.9. The van der Waals surface area contributed by atoms with Crippen LogP contribution < -0.4 is 17.2 Å². The van der Waals surface area contributed by atoms with Gasteiger partial charge in [0.25, 0.3) is 0 Å². The third kappa shape index (κ3) is 2.60. The maximum atomic E-state index is 10.6. The Morgan fingerprint density at radius 3 is 2.92 bits per heavy atom. The van der Waals surface area contributed by atoms with Crippen LogP contribution in [0.3, 0.4) is 0 Å². The summed E-state index contributed by atoms with van der Waals surface area (Å²) in [6.07, 6.45) is 0.935. The number of halogens is 2. The summed E-state index contributed by atoms with van der Waals surface area (Å²) < 4.78 is 27.7. The molecule has 13 heavy (non-hydrogen) atoms. The molecule has 0 radical (unpaired) electrons. The van der Waals surface area contributed by atoms with Crippen molar-refractivity contribution in [1.29, 1.82) is 0 Å². The molecule has 0 saturated heterocycles. The Kier molecular flexibility index (Phi) is 3.54. The Balaban J connectivity index is 2.04. The van der Waals surface area contributed by atoms with Crippen molar-refractivity contribution in [3.05, 3.63) is 17.9 Å². The van der Waals surface area contributed by atoms with Gasteiger partial charge < -0.3 is 0 Å². The maximum absolute atomic E-state index is 10.6. The second kappa shape index (κ2) is 4.49. The molecule has 1 aliphatic rings. The van der Waals surface area contributed by atoms with Crippen molar-refractivity contribution in [3.8, 4) is 0 Å². The standard InChI is InChI=1S/C7H7I2O3S/c10-13(11)7-2-1-6(12-7)3-5-4-8-9-5/h1-2,4-5H,3H2,(H,10,11)/q-1. The Bertz CT molecular complexity index is 360. The summed E-state index contributed by atoms with van der Waals surface area (Å²) in [6.45, 7) is 0. The van der Waals surface area contributed by atoms with Crippen molar-refractivity contribution in [1.82, 2.24) is 0 Å². The van der Waals surface area contributed by atoms with Crippen molar-refractivity contribution in [2.45, 2.75) is 15.4 Å². The van der Waals surface area contributed by atoms with Crippen LogP contribution >= 0.6 is 16.8 Å². The van der Waals surface area contributed by atoms with Crippen LogP contribution in [0.15, 0.2) is 21.6 Å². The van der Waals surface area contributed by atoms with Gasteiger partial charge in [-0.3, -0.25) is 0 Å². The molecule has 0 amide bonds. The third-order valence-corrected chi connectivity index (χ3v) is 14.0. The van der Waals surface area contributed by atoms with E-state index in [4.69, 9.17) is 8.97 Å². The molecule has 0 aliphatic carbocycles. The van der Waals surface area contributed by atoms with E-state index in [2.05, 4.69) is 4.01 Å². The minimum absolute atomic E-state index is 0.169. The first-order valence-corrected chi connectivity index (χ1v) is 13.4. The van der Waals surface area contributed by atoms with E-state index in [9.17, 15) is 4.21 Å². The summed E-state index contributed by atoms with van der Waals surface area (Å²) in [5.41, 5.74) is 0. The number of alkyl halides is 1. The molecule has 1 N–H and O–H groups in total. The molecule has 1 aromatic rings. The molecule has 0 spiro atoms. The van der Waals surface area contributed by atoms with Gasteiger partial charge in [-0.15, -0.1) is 0 Å². The van der Waals surface area contributed by atoms with Crippen molar-refractivity contribution >= 4 is 31.8 Å². The van der Waals surface area contributed by atoms with Gasteiger partial charge in [-0.05, 0) is 0 Å². The average molecular weight is 425 g/mol. The van der Waals surface area contributed by atoms with Gasteiger partial charge in [-0.2, -0.15) is 0 Å². The first-order chi connectivity index (χ1) is 6.25. The first kappa shape index (κ1) is 10.2. The van der Waals surface area contributed by atoms with Crippen molar-refractivity contribution in [2.24, 2.45) is 0 Å². The van der Waals surface area contributed by atoms with Crippen LogP contribution in [-0.2, 0) is 17.5 Å². The molecular weight excluding hydrogens is 418 g/mol. The quantitative estimate of drug-likeness (QED) is 0.367. The van der Waals surface area contributed by atoms with Crippen LogP contribution in [0.5, 0.6) is 0 Å². The van der Waals surface area contributed by atoms with E-state index < -0.39 is 11.1 Å². The van der Waals surface area contributed by atoms with Crippen LogP contribution in [0.2, 0.25) is 0 Å². The number of hydrogen-bond donors (Lipinski definition) is 1. The molecule has 74 valence electrons. The third-order valence-electron chi connectivity index (χ3n) is 1.54. The summed E-state index contributed by atoms with van der Waals surface area (Å²) in [5.74, 6) is 0.849. The molecule has 0 bridgehead atoms. The van der Waals surface area contributed by atoms with Crippen LogP contribution in [0, 0.1) is 0 Å². The topological polar surface area (TPSA) is 50.4 Å². The van der Waals surface area contributed by atoms with Gasteiger partial charge in [0.2, 0.25) is 0 Å². The van der Waals surface area contributed by atoms with E-state index in [-0.39, 0.29) is 5.09 Å². The van der Waals surface area contributed by atoms with Crippen molar-refractivity contribution in [2.75, 3.05) is 0 Å². The number of hydrogen-bond acceptors (Lipinski definition) is 2. The molecule has 2 heterocycles. The zero-order valence-corrected chi connectivity index (χ0v) is 11.6. The van der Waals surface area contributed by atoms with E-state index in [0.717, 1.165) is 16.1 Å². The molecule has 0 saturated carbocycles. The zero-order valence-electron chi connectivity index (χ0n) is 6.44. The molecule has 1 aromatic heterocycles. The van der Waals surface area contributed by atoms with E-state index in [0.29, 0.717) is 34.0 Å². The summed E-state index contributed by atoms with van der Waals surface area (Å²) in [7, 11) is 0. The van der Waals surface area contributed by atoms with Crippen LogP contribution in [0.1, 0.15) is 5.76 Å². The van der Waals surface area contributed by atoms with Gasteiger partial charge in [-0.1, -0.05) is 0 Å². The van der Waals surface area contributed by atoms with Crippen LogP contribution in [0.4, 0.5) is 0 Å². The Morgan fingerprint density at radius 2 is 2.46 bits per heavy atom. The summed E-state index contributed by atoms with van der Waals surface area (Å²) in [6, 6.07) is 3.38. The Morgan fingerprint density at radius 1 is 1.69 bits per heavy atom. The van der Waals surface area contributed by atoms with E-state index in [1.54, 1.807) is 12.1 Å². The SMILES string of the molecule is O=S(O)c1ccc(CC2C=I[I-]2)o1. The van der Waals surface area contributed by atoms with Crippen LogP contribution in [0.25, 0.3) is 0 Å². The van der Waals surface area contributed by atoms with Gasteiger partial charge in [0.1, 0.15) is 0 Å². The van der Waals surface area contributed by atoms with E-state index in [1.165, 1.54) is 0 Å². The van der Waals surface area contributed by atoms with Gasteiger partial charge in [0, 0.05) is 0 Å². The second-order valence-electron chi connectivity index (χ2n) is 2.48. The molecule has 2 unspecified atom stereocenters. The van der Waals surface area contributed by atoms with Crippen molar-refractivity contribution in [3.63, 3.8) is 0 Å². The number of furan rings is 1. The van der Waals surface area contributed by atoms with E-state index in [1.807, 2.05) is 0 Å². The van der Waals surface area contributed by atoms with Gasteiger partial charge in [0.05, 0.1) is 0 Å². The molecule has 1 aliphatic heterocycles. The molecule has 2 rings (SSSR count). The fourth-order valence-electron chi connectivity index (χ4n) is 0.943. The first-order valence-electron chi connectivity index (χ1n) is 3.55. The number of rotatable bonds is 3. The Hall–Kier alpha value is 0.720. The van der Waals surface area contributed by atoms with Crippen LogP contribution in [-0.4, -0.2) is 16.7 Å². The predicted octanol–water partition coefficient (Wildman–Crippen LogP) is -1.44. The Labute approximate surface area is 94.6 Å². The summed E-state index contributed by atoms with van der Waals surface area (Å²) >= 11 is -1.04. The summed E-state index contributed by atoms with van der Waals surface area (Å²) in [5, 5.41) is 0.169. The molecule has 0 aromatic carbocycles. The average Bonchev–Trinajstić information content (AvgIpc) is 2.44. The molecule has 2 atom stereocenters. The second-order valence-corrected chi connectivity index (χ2v) is 13.0. The fraction of sp³-hybridized carbons (Fsp3) is 0.286. The van der Waals surface area contributed by atoms with Gasteiger partial charge >= 0.3 is 95.6 Å². The van der Waals surface area contributed by atoms with Crippen molar-refractivity contribution < 1.29 is 30.4 Å². The van der Waals surface area contributed by atoms with E-state index >= 15 is 0 Å². The monoisotopic (exact) mass is 425 g/mol. The molecule has 0 fully saturated rings. The minimum atomic E-state index is -1.97. The van der Waals surface area contributed by atoms with Gasteiger partial charge in [0.15, 0.2) is 0 Å². The molecular formula is C7H7I2O3S-. The van der Waals surface area contributed by atoms with Gasteiger partial charge in [-0.25, -0.2) is 0 Å². The molecule has 3 nitrogen and oxygen atoms in total. The zero-order chi connectivity index (χ0) is 9.26. The fourth-order valence-corrected chi connectivity index (χ4v) is 8.34. The molecule has 6 heteroatoms. The summed E-state index contributed by atoms with van der Waals surface area (Å²) in [4.78, 5) is 0.